The molecule has 1 heterocycles. The summed E-state index contributed by atoms with van der Waals surface area (Å²) in [4.78, 5) is 11.3. The van der Waals surface area contributed by atoms with Crippen LogP contribution in [-0.4, -0.2) is 31.0 Å². The van der Waals surface area contributed by atoms with E-state index in [1.807, 2.05) is 6.92 Å². The minimum absolute atomic E-state index is 0.0308. The number of carbonyl (C=O) groups excluding carboxylic acids is 1. The smallest absolute Gasteiger partial charge is 0.225 e. The summed E-state index contributed by atoms with van der Waals surface area (Å²) >= 11 is 5.43. The number of rotatable bonds is 3. The van der Waals surface area contributed by atoms with Crippen LogP contribution in [0.1, 0.15) is 13.3 Å². The van der Waals surface area contributed by atoms with E-state index in [1.165, 1.54) is 0 Å². The molecule has 0 saturated carbocycles. The van der Waals surface area contributed by atoms with Crippen molar-refractivity contribution in [2.75, 3.05) is 19.0 Å². The third-order valence-corrected chi connectivity index (χ3v) is 2.15. The molecule has 1 saturated heterocycles. The number of ether oxygens (including phenoxy) is 1. The summed E-state index contributed by atoms with van der Waals surface area (Å²) in [5.41, 5.74) is 0. The Labute approximate surface area is 77.4 Å². The molecule has 12 heavy (non-hydrogen) atoms. The lowest BCUT2D eigenvalue weighted by atomic mass is 10.1. The van der Waals surface area contributed by atoms with Crippen molar-refractivity contribution in [1.82, 2.24) is 5.32 Å². The highest BCUT2D eigenvalue weighted by molar-refractivity contribution is 6.18. The van der Waals surface area contributed by atoms with E-state index in [1.54, 1.807) is 0 Å². The number of halogens is 1. The predicted octanol–water partition coefficient (Wildman–Crippen LogP) is 0.766. The molecule has 1 aliphatic heterocycles. The number of carbonyl (C=O) groups is 1. The quantitative estimate of drug-likeness (QED) is 0.670. The maximum atomic E-state index is 11.3. The zero-order chi connectivity index (χ0) is 8.97. The van der Waals surface area contributed by atoms with Gasteiger partial charge in [0.25, 0.3) is 0 Å². The fourth-order valence-electron chi connectivity index (χ4n) is 1.31. The fourth-order valence-corrected chi connectivity index (χ4v) is 1.41. The molecule has 2 atom stereocenters. The molecule has 1 N–H and O–H groups in total. The summed E-state index contributed by atoms with van der Waals surface area (Å²) in [6, 6.07) is 0. The first kappa shape index (κ1) is 9.81. The highest BCUT2D eigenvalue weighted by atomic mass is 35.5. The third-order valence-electron chi connectivity index (χ3n) is 1.96. The molecule has 1 rings (SSSR count). The summed E-state index contributed by atoms with van der Waals surface area (Å²) in [5, 5.41) is 2.74. The van der Waals surface area contributed by atoms with Crippen molar-refractivity contribution in [2.24, 2.45) is 5.92 Å². The average molecular weight is 192 g/mol. The van der Waals surface area contributed by atoms with Gasteiger partial charge in [0.15, 0.2) is 0 Å². The Bertz CT molecular complexity index is 163. The van der Waals surface area contributed by atoms with Crippen LogP contribution in [-0.2, 0) is 9.53 Å². The standard InChI is InChI=1S/C8H14ClNO2/c1-6-4-7(5-12-6)8(11)10-3-2-9/h6-7H,2-5H2,1H3,(H,10,11). The number of amides is 1. The number of alkyl halides is 1. The molecule has 3 nitrogen and oxygen atoms in total. The predicted molar refractivity (Wildman–Crippen MR) is 47.3 cm³/mol. The molecule has 0 aromatic carbocycles. The molecule has 1 aliphatic rings. The van der Waals surface area contributed by atoms with E-state index in [0.717, 1.165) is 6.42 Å². The van der Waals surface area contributed by atoms with Crippen molar-refractivity contribution in [3.05, 3.63) is 0 Å². The molecular weight excluding hydrogens is 178 g/mol. The van der Waals surface area contributed by atoms with Crippen molar-refractivity contribution >= 4 is 17.5 Å². The lowest BCUT2D eigenvalue weighted by Crippen LogP contribution is -2.32. The van der Waals surface area contributed by atoms with Crippen LogP contribution in [0.3, 0.4) is 0 Å². The Hall–Kier alpha value is -0.280. The van der Waals surface area contributed by atoms with Gasteiger partial charge in [0.2, 0.25) is 5.91 Å². The Morgan fingerprint density at radius 2 is 2.50 bits per heavy atom. The first-order valence-corrected chi connectivity index (χ1v) is 4.72. The molecule has 0 aliphatic carbocycles. The molecule has 4 heteroatoms. The van der Waals surface area contributed by atoms with Gasteiger partial charge in [-0.25, -0.2) is 0 Å². The van der Waals surface area contributed by atoms with Gasteiger partial charge >= 0.3 is 0 Å². The molecule has 0 bridgehead atoms. The van der Waals surface area contributed by atoms with E-state index in [-0.39, 0.29) is 17.9 Å². The van der Waals surface area contributed by atoms with Crippen LogP contribution >= 0.6 is 11.6 Å². The van der Waals surface area contributed by atoms with Gasteiger partial charge in [-0.1, -0.05) is 0 Å². The van der Waals surface area contributed by atoms with E-state index in [9.17, 15) is 4.79 Å². The highest BCUT2D eigenvalue weighted by Crippen LogP contribution is 2.18. The Kier molecular flexibility index (Phi) is 3.82. The van der Waals surface area contributed by atoms with Crippen LogP contribution in [0, 0.1) is 5.92 Å². The van der Waals surface area contributed by atoms with Crippen molar-refractivity contribution in [3.8, 4) is 0 Å². The van der Waals surface area contributed by atoms with Gasteiger partial charge in [-0.3, -0.25) is 4.79 Å². The number of hydrogen-bond acceptors (Lipinski definition) is 2. The SMILES string of the molecule is CC1CC(C(=O)NCCCl)CO1. The van der Waals surface area contributed by atoms with Crippen molar-refractivity contribution < 1.29 is 9.53 Å². The maximum Gasteiger partial charge on any atom is 0.225 e. The molecule has 0 aromatic rings. The fraction of sp³-hybridized carbons (Fsp3) is 0.875. The Morgan fingerprint density at radius 3 is 3.00 bits per heavy atom. The molecule has 0 spiro atoms. The van der Waals surface area contributed by atoms with Crippen LogP contribution in [0.5, 0.6) is 0 Å². The van der Waals surface area contributed by atoms with Crippen LogP contribution in [0.15, 0.2) is 0 Å². The van der Waals surface area contributed by atoms with Crippen molar-refractivity contribution in [3.63, 3.8) is 0 Å². The van der Waals surface area contributed by atoms with Crippen LogP contribution in [0.2, 0.25) is 0 Å². The first-order chi connectivity index (χ1) is 5.74. The molecule has 1 amide bonds. The molecule has 0 radical (unpaired) electrons. The van der Waals surface area contributed by atoms with Gasteiger partial charge in [-0.15, -0.1) is 11.6 Å². The Balaban J connectivity index is 2.23. The highest BCUT2D eigenvalue weighted by Gasteiger charge is 2.27. The summed E-state index contributed by atoms with van der Waals surface area (Å²) in [6.45, 7) is 3.08. The second-order valence-corrected chi connectivity index (χ2v) is 3.43. The second-order valence-electron chi connectivity index (χ2n) is 3.06. The summed E-state index contributed by atoms with van der Waals surface area (Å²) in [7, 11) is 0. The molecule has 1 fully saturated rings. The summed E-state index contributed by atoms with van der Waals surface area (Å²) < 4.78 is 5.27. The van der Waals surface area contributed by atoms with Crippen LogP contribution in [0.4, 0.5) is 0 Å². The monoisotopic (exact) mass is 191 g/mol. The van der Waals surface area contributed by atoms with Gasteiger partial charge in [0.05, 0.1) is 18.6 Å². The van der Waals surface area contributed by atoms with E-state index < -0.39 is 0 Å². The van der Waals surface area contributed by atoms with Crippen LogP contribution < -0.4 is 5.32 Å². The Morgan fingerprint density at radius 1 is 1.75 bits per heavy atom. The molecule has 2 unspecified atom stereocenters. The zero-order valence-electron chi connectivity index (χ0n) is 7.18. The van der Waals surface area contributed by atoms with Gasteiger partial charge in [-0.05, 0) is 13.3 Å². The van der Waals surface area contributed by atoms with Crippen LogP contribution in [0.25, 0.3) is 0 Å². The van der Waals surface area contributed by atoms with Crippen molar-refractivity contribution in [1.29, 1.82) is 0 Å². The first-order valence-electron chi connectivity index (χ1n) is 4.19. The summed E-state index contributed by atoms with van der Waals surface area (Å²) in [5.74, 6) is 0.567. The second kappa shape index (κ2) is 4.67. The molecular formula is C8H14ClNO2. The third kappa shape index (κ3) is 2.64. The topological polar surface area (TPSA) is 38.3 Å². The van der Waals surface area contributed by atoms with Crippen molar-refractivity contribution in [2.45, 2.75) is 19.4 Å². The molecule has 0 aromatic heterocycles. The van der Waals surface area contributed by atoms with E-state index in [0.29, 0.717) is 19.0 Å². The molecule has 70 valence electrons. The minimum Gasteiger partial charge on any atom is -0.378 e. The lowest BCUT2D eigenvalue weighted by Gasteiger charge is -2.07. The van der Waals surface area contributed by atoms with Gasteiger partial charge in [0.1, 0.15) is 0 Å². The van der Waals surface area contributed by atoms with Gasteiger partial charge < -0.3 is 10.1 Å². The van der Waals surface area contributed by atoms with E-state index in [4.69, 9.17) is 16.3 Å². The van der Waals surface area contributed by atoms with E-state index >= 15 is 0 Å². The van der Waals surface area contributed by atoms with E-state index in [2.05, 4.69) is 5.32 Å². The number of nitrogens with one attached hydrogen (secondary N) is 1. The largest absolute Gasteiger partial charge is 0.378 e. The van der Waals surface area contributed by atoms with Gasteiger partial charge in [-0.2, -0.15) is 0 Å². The lowest BCUT2D eigenvalue weighted by molar-refractivity contribution is -0.124. The maximum absolute atomic E-state index is 11.3. The normalized spacial score (nSPS) is 28.8. The van der Waals surface area contributed by atoms with Gasteiger partial charge in [0, 0.05) is 12.4 Å². The average Bonchev–Trinajstić information content (AvgIpc) is 2.47. The zero-order valence-corrected chi connectivity index (χ0v) is 7.93. The minimum atomic E-state index is 0.0308. The summed E-state index contributed by atoms with van der Waals surface area (Å²) in [6.07, 6.45) is 1.05. The number of hydrogen-bond donors (Lipinski definition) is 1.